The molecule has 0 saturated carbocycles. The van der Waals surface area contributed by atoms with Gasteiger partial charge in [0, 0.05) is 24.5 Å². The molecule has 0 fully saturated rings. The minimum Gasteiger partial charge on any atom is -0.451 e. The maximum atomic E-state index is 12.3. The summed E-state index contributed by atoms with van der Waals surface area (Å²) in [5.74, 6) is -0.749. The van der Waals surface area contributed by atoms with Crippen LogP contribution in [0.2, 0.25) is 0 Å². The number of carbonyl (C=O) groups excluding carboxylic acids is 2. The first-order valence-corrected chi connectivity index (χ1v) is 9.99. The number of amides is 1. The van der Waals surface area contributed by atoms with Crippen molar-refractivity contribution in [3.63, 3.8) is 0 Å². The van der Waals surface area contributed by atoms with E-state index < -0.39 is 18.5 Å². The summed E-state index contributed by atoms with van der Waals surface area (Å²) in [5.41, 5.74) is 4.77. The third kappa shape index (κ3) is 6.08. The van der Waals surface area contributed by atoms with Crippen molar-refractivity contribution in [3.8, 4) is 6.07 Å². The predicted octanol–water partition coefficient (Wildman–Crippen LogP) is 3.84. The molecule has 0 aliphatic heterocycles. The molecular weight excluding hydrogens is 378 g/mol. The van der Waals surface area contributed by atoms with Crippen LogP contribution in [0.1, 0.15) is 41.9 Å². The number of esters is 1. The van der Waals surface area contributed by atoms with E-state index in [2.05, 4.69) is 23.7 Å². The number of rotatable bonds is 8. The maximum absolute atomic E-state index is 12.3. The maximum Gasteiger partial charge on any atom is 0.349 e. The quantitative estimate of drug-likeness (QED) is 0.409. The van der Waals surface area contributed by atoms with E-state index >= 15 is 0 Å². The smallest absolute Gasteiger partial charge is 0.349 e. The molecule has 2 aromatic rings. The zero-order chi connectivity index (χ0) is 22.3. The number of benzene rings is 1. The lowest BCUT2D eigenvalue weighted by molar-refractivity contribution is -0.144. The molecular formula is C24H29N3O3. The fraction of sp³-hybridized carbons (Fsp3) is 0.375. The molecule has 0 aliphatic rings. The topological polar surface area (TPSA) is 84.1 Å². The monoisotopic (exact) mass is 407 g/mol. The van der Waals surface area contributed by atoms with Crippen molar-refractivity contribution in [1.29, 1.82) is 5.26 Å². The Morgan fingerprint density at radius 3 is 2.57 bits per heavy atom. The zero-order valence-electron chi connectivity index (χ0n) is 18.3. The molecule has 0 spiro atoms. The number of nitrogens with zero attached hydrogens (tertiary/aromatic N) is 2. The first-order valence-electron chi connectivity index (χ1n) is 9.99. The van der Waals surface area contributed by atoms with E-state index in [-0.39, 0.29) is 5.57 Å². The first kappa shape index (κ1) is 23.0. The van der Waals surface area contributed by atoms with Gasteiger partial charge in [-0.1, -0.05) is 38.1 Å². The van der Waals surface area contributed by atoms with Crippen molar-refractivity contribution in [1.82, 2.24) is 9.88 Å². The lowest BCUT2D eigenvalue weighted by Gasteiger charge is -2.12. The summed E-state index contributed by atoms with van der Waals surface area (Å²) in [6, 6.07) is 11.5. The standard InChI is InChI=1S/C24H29N3O3/c1-16(2)14-27-18(4)10-21(19(27)5)11-22(12-25)24(29)30-15-23(28)26-13-20-9-7-6-8-17(20)3/h6-11,16H,13-15H2,1-5H3,(H,26,28)/b22-11+. The van der Waals surface area contributed by atoms with Gasteiger partial charge in [0.2, 0.25) is 0 Å². The summed E-state index contributed by atoms with van der Waals surface area (Å²) < 4.78 is 7.20. The summed E-state index contributed by atoms with van der Waals surface area (Å²) in [6.45, 7) is 11.0. The van der Waals surface area contributed by atoms with E-state index in [0.29, 0.717) is 12.5 Å². The zero-order valence-corrected chi connectivity index (χ0v) is 18.3. The van der Waals surface area contributed by atoms with Crippen LogP contribution in [0.3, 0.4) is 0 Å². The van der Waals surface area contributed by atoms with Gasteiger partial charge < -0.3 is 14.6 Å². The van der Waals surface area contributed by atoms with Crippen LogP contribution < -0.4 is 5.32 Å². The van der Waals surface area contributed by atoms with Crippen molar-refractivity contribution in [2.45, 2.75) is 47.7 Å². The fourth-order valence-corrected chi connectivity index (χ4v) is 3.17. The van der Waals surface area contributed by atoms with Gasteiger partial charge in [-0.2, -0.15) is 5.26 Å². The van der Waals surface area contributed by atoms with Crippen LogP contribution in [0.25, 0.3) is 6.08 Å². The second kappa shape index (κ2) is 10.4. The minimum atomic E-state index is -0.808. The highest BCUT2D eigenvalue weighted by molar-refractivity contribution is 5.99. The Bertz CT molecular complexity index is 994. The number of carbonyl (C=O) groups is 2. The van der Waals surface area contributed by atoms with E-state index in [1.54, 1.807) is 0 Å². The molecule has 158 valence electrons. The van der Waals surface area contributed by atoms with E-state index in [1.165, 1.54) is 6.08 Å². The van der Waals surface area contributed by atoms with Gasteiger partial charge in [-0.15, -0.1) is 0 Å². The Hall–Kier alpha value is -3.33. The molecule has 1 N–H and O–H groups in total. The Morgan fingerprint density at radius 2 is 1.93 bits per heavy atom. The number of ether oxygens (including phenoxy) is 1. The van der Waals surface area contributed by atoms with E-state index in [1.807, 2.05) is 57.2 Å². The van der Waals surface area contributed by atoms with Crippen LogP contribution in [0.4, 0.5) is 0 Å². The molecule has 2 rings (SSSR count). The van der Waals surface area contributed by atoms with Crippen molar-refractivity contribution in [2.24, 2.45) is 5.92 Å². The molecule has 6 heteroatoms. The van der Waals surface area contributed by atoms with Crippen LogP contribution in [-0.2, 0) is 27.4 Å². The molecule has 0 saturated heterocycles. The van der Waals surface area contributed by atoms with Crippen LogP contribution in [0, 0.1) is 38.0 Å². The largest absolute Gasteiger partial charge is 0.451 e. The number of aromatic nitrogens is 1. The minimum absolute atomic E-state index is 0.133. The second-order valence-corrected chi connectivity index (χ2v) is 7.78. The fourth-order valence-electron chi connectivity index (χ4n) is 3.17. The van der Waals surface area contributed by atoms with Crippen LogP contribution >= 0.6 is 0 Å². The van der Waals surface area contributed by atoms with Crippen molar-refractivity contribution in [3.05, 3.63) is 64.0 Å². The summed E-state index contributed by atoms with van der Waals surface area (Å²) in [7, 11) is 0. The van der Waals surface area contributed by atoms with E-state index in [4.69, 9.17) is 4.74 Å². The van der Waals surface area contributed by atoms with E-state index in [0.717, 1.165) is 34.6 Å². The molecule has 0 bridgehead atoms. The van der Waals surface area contributed by atoms with Crippen LogP contribution in [0.5, 0.6) is 0 Å². The van der Waals surface area contributed by atoms with Crippen molar-refractivity contribution < 1.29 is 14.3 Å². The predicted molar refractivity (Wildman–Crippen MR) is 116 cm³/mol. The van der Waals surface area contributed by atoms with Gasteiger partial charge >= 0.3 is 5.97 Å². The molecule has 1 aromatic carbocycles. The highest BCUT2D eigenvalue weighted by Gasteiger charge is 2.16. The summed E-state index contributed by atoms with van der Waals surface area (Å²) in [5, 5.41) is 12.1. The number of hydrogen-bond acceptors (Lipinski definition) is 4. The normalized spacial score (nSPS) is 11.3. The number of aryl methyl sites for hydroxylation is 2. The van der Waals surface area contributed by atoms with Gasteiger partial charge in [0.15, 0.2) is 6.61 Å². The van der Waals surface area contributed by atoms with Crippen LogP contribution in [0.15, 0.2) is 35.9 Å². The Kier molecular flexibility index (Phi) is 7.99. The molecule has 1 aromatic heterocycles. The van der Waals surface area contributed by atoms with Crippen molar-refractivity contribution >= 4 is 18.0 Å². The van der Waals surface area contributed by atoms with E-state index in [9.17, 15) is 14.9 Å². The lowest BCUT2D eigenvalue weighted by atomic mass is 10.1. The molecule has 1 amide bonds. The number of hydrogen-bond donors (Lipinski definition) is 1. The average Bonchev–Trinajstić information content (AvgIpc) is 2.96. The lowest BCUT2D eigenvalue weighted by Crippen LogP contribution is -2.28. The number of nitrogens with one attached hydrogen (secondary N) is 1. The molecule has 0 radical (unpaired) electrons. The molecule has 0 aliphatic carbocycles. The average molecular weight is 408 g/mol. The number of nitriles is 1. The van der Waals surface area contributed by atoms with Gasteiger partial charge in [0.1, 0.15) is 11.6 Å². The summed E-state index contributed by atoms with van der Waals surface area (Å²) in [4.78, 5) is 24.3. The highest BCUT2D eigenvalue weighted by atomic mass is 16.5. The first-order chi connectivity index (χ1) is 14.2. The second-order valence-electron chi connectivity index (χ2n) is 7.78. The SMILES string of the molecule is Cc1ccccc1CNC(=O)COC(=O)/C(C#N)=C/c1cc(C)n(CC(C)C)c1C. The van der Waals surface area contributed by atoms with Gasteiger partial charge in [0.25, 0.3) is 5.91 Å². The molecule has 30 heavy (non-hydrogen) atoms. The third-order valence-corrected chi connectivity index (χ3v) is 4.87. The Balaban J connectivity index is 1.99. The van der Waals surface area contributed by atoms with Crippen LogP contribution in [-0.4, -0.2) is 23.1 Å². The highest BCUT2D eigenvalue weighted by Crippen LogP contribution is 2.20. The summed E-state index contributed by atoms with van der Waals surface area (Å²) >= 11 is 0. The van der Waals surface area contributed by atoms with Gasteiger partial charge in [-0.05, 0) is 55.5 Å². The van der Waals surface area contributed by atoms with Crippen molar-refractivity contribution in [2.75, 3.05) is 6.61 Å². The molecule has 0 atom stereocenters. The molecule has 0 unspecified atom stereocenters. The Labute approximate surface area is 178 Å². The molecule has 1 heterocycles. The van der Waals surface area contributed by atoms with Gasteiger partial charge in [0.05, 0.1) is 0 Å². The summed E-state index contributed by atoms with van der Waals surface area (Å²) in [6.07, 6.45) is 1.52. The van der Waals surface area contributed by atoms with Gasteiger partial charge in [-0.3, -0.25) is 4.79 Å². The third-order valence-electron chi connectivity index (χ3n) is 4.87. The Morgan fingerprint density at radius 1 is 1.23 bits per heavy atom. The van der Waals surface area contributed by atoms with Gasteiger partial charge in [-0.25, -0.2) is 4.79 Å². The molecule has 6 nitrogen and oxygen atoms in total.